The lowest BCUT2D eigenvalue weighted by Gasteiger charge is -2.26. The van der Waals surface area contributed by atoms with E-state index in [1.54, 1.807) is 0 Å². The number of rotatable bonds is 1. The highest BCUT2D eigenvalue weighted by atomic mass is 16.5. The zero-order valence-electron chi connectivity index (χ0n) is 4.13. The van der Waals surface area contributed by atoms with Gasteiger partial charge in [-0.25, -0.2) is 0 Å². The van der Waals surface area contributed by atoms with Crippen molar-refractivity contribution in [2.75, 3.05) is 19.8 Å². The molecule has 0 bridgehead atoms. The van der Waals surface area contributed by atoms with Gasteiger partial charge in [-0.1, -0.05) is 0 Å². The summed E-state index contributed by atoms with van der Waals surface area (Å²) >= 11 is 0. The van der Waals surface area contributed by atoms with Gasteiger partial charge in [-0.15, -0.1) is 0 Å². The molecule has 2 rings (SSSR count). The SMILES string of the molecule is [CH]1CN1C1COC1. The minimum Gasteiger partial charge on any atom is -0.378 e. The summed E-state index contributed by atoms with van der Waals surface area (Å²) in [5.41, 5.74) is 0. The van der Waals surface area contributed by atoms with Crippen LogP contribution in [0.3, 0.4) is 0 Å². The second kappa shape index (κ2) is 1.20. The molecular weight excluding hydrogens is 90.1 g/mol. The first-order valence-electron chi connectivity index (χ1n) is 2.63. The van der Waals surface area contributed by atoms with Crippen molar-refractivity contribution in [2.24, 2.45) is 0 Å². The van der Waals surface area contributed by atoms with Crippen LogP contribution in [0.25, 0.3) is 0 Å². The summed E-state index contributed by atoms with van der Waals surface area (Å²) in [7, 11) is 0. The summed E-state index contributed by atoms with van der Waals surface area (Å²) in [5, 5.41) is 0. The first kappa shape index (κ1) is 3.87. The highest BCUT2D eigenvalue weighted by molar-refractivity contribution is 4.95. The van der Waals surface area contributed by atoms with Gasteiger partial charge in [0.05, 0.1) is 19.3 Å². The standard InChI is InChI=1S/C5H8NO/c1-2-6(1)5-3-7-4-5/h1,5H,2-4H2. The van der Waals surface area contributed by atoms with E-state index in [4.69, 9.17) is 4.74 Å². The van der Waals surface area contributed by atoms with Crippen LogP contribution >= 0.6 is 0 Å². The maximum atomic E-state index is 4.97. The summed E-state index contributed by atoms with van der Waals surface area (Å²) in [6.45, 7) is 5.30. The van der Waals surface area contributed by atoms with E-state index in [0.29, 0.717) is 0 Å². The van der Waals surface area contributed by atoms with Gasteiger partial charge in [0, 0.05) is 13.1 Å². The van der Waals surface area contributed by atoms with Crippen LogP contribution in [0.4, 0.5) is 0 Å². The van der Waals surface area contributed by atoms with Crippen molar-refractivity contribution in [1.82, 2.24) is 4.90 Å². The molecule has 0 spiro atoms. The molecular formula is C5H8NO. The Hall–Kier alpha value is -0.0800. The van der Waals surface area contributed by atoms with Gasteiger partial charge in [-0.05, 0) is 0 Å². The van der Waals surface area contributed by atoms with Gasteiger partial charge in [0.25, 0.3) is 0 Å². The number of hydrogen-bond acceptors (Lipinski definition) is 2. The molecule has 0 aromatic heterocycles. The first-order valence-corrected chi connectivity index (χ1v) is 2.63. The van der Waals surface area contributed by atoms with Crippen molar-refractivity contribution in [2.45, 2.75) is 6.04 Å². The second-order valence-electron chi connectivity index (χ2n) is 2.07. The van der Waals surface area contributed by atoms with Gasteiger partial charge in [0.15, 0.2) is 0 Å². The average molecular weight is 98.1 g/mol. The van der Waals surface area contributed by atoms with Crippen LogP contribution in [0, 0.1) is 6.54 Å². The van der Waals surface area contributed by atoms with Crippen LogP contribution in [0.1, 0.15) is 0 Å². The zero-order chi connectivity index (χ0) is 4.69. The molecule has 2 aliphatic rings. The van der Waals surface area contributed by atoms with E-state index >= 15 is 0 Å². The largest absolute Gasteiger partial charge is 0.378 e. The Bertz CT molecular complexity index is 76.1. The van der Waals surface area contributed by atoms with Gasteiger partial charge >= 0.3 is 0 Å². The van der Waals surface area contributed by atoms with Crippen LogP contribution in [0.15, 0.2) is 0 Å². The first-order chi connectivity index (χ1) is 3.47. The van der Waals surface area contributed by atoms with Crippen molar-refractivity contribution >= 4 is 0 Å². The number of nitrogens with zero attached hydrogens (tertiary/aromatic N) is 1. The molecule has 2 aliphatic heterocycles. The molecule has 39 valence electrons. The van der Waals surface area contributed by atoms with Crippen molar-refractivity contribution in [3.05, 3.63) is 6.54 Å². The van der Waals surface area contributed by atoms with Gasteiger partial charge in [-0.2, -0.15) is 0 Å². The van der Waals surface area contributed by atoms with E-state index in [1.165, 1.54) is 6.54 Å². The molecule has 1 unspecified atom stereocenters. The Morgan fingerprint density at radius 2 is 2.29 bits per heavy atom. The fourth-order valence-corrected chi connectivity index (χ4v) is 0.760. The third-order valence-electron chi connectivity index (χ3n) is 1.48. The third-order valence-corrected chi connectivity index (χ3v) is 1.48. The van der Waals surface area contributed by atoms with Gasteiger partial charge in [0.1, 0.15) is 0 Å². The van der Waals surface area contributed by atoms with Crippen molar-refractivity contribution in [1.29, 1.82) is 0 Å². The third kappa shape index (κ3) is 0.545. The average Bonchev–Trinajstić information content (AvgIpc) is 2.10. The fourth-order valence-electron chi connectivity index (χ4n) is 0.760. The molecule has 0 aliphatic carbocycles. The molecule has 0 N–H and O–H groups in total. The minimum absolute atomic E-state index is 0.750. The van der Waals surface area contributed by atoms with E-state index in [1.807, 2.05) is 0 Å². The monoisotopic (exact) mass is 98.1 g/mol. The molecule has 1 radical (unpaired) electrons. The normalized spacial score (nSPS) is 32.6. The minimum atomic E-state index is 0.750. The number of ether oxygens (including phenoxy) is 1. The highest BCUT2D eigenvalue weighted by Gasteiger charge is 2.32. The lowest BCUT2D eigenvalue weighted by molar-refractivity contribution is -0.0278. The number of hydrogen-bond donors (Lipinski definition) is 0. The summed E-state index contributed by atoms with van der Waals surface area (Å²) in [5.74, 6) is 0. The fraction of sp³-hybridized carbons (Fsp3) is 0.800. The van der Waals surface area contributed by atoms with Gasteiger partial charge in [0.2, 0.25) is 0 Å². The van der Waals surface area contributed by atoms with Crippen LogP contribution < -0.4 is 0 Å². The lowest BCUT2D eigenvalue weighted by atomic mass is 10.3. The molecule has 0 saturated carbocycles. The highest BCUT2D eigenvalue weighted by Crippen LogP contribution is 2.20. The van der Waals surface area contributed by atoms with E-state index in [9.17, 15) is 0 Å². The van der Waals surface area contributed by atoms with Crippen LogP contribution in [-0.4, -0.2) is 30.7 Å². The second-order valence-corrected chi connectivity index (χ2v) is 2.07. The maximum Gasteiger partial charge on any atom is 0.0645 e. The van der Waals surface area contributed by atoms with Gasteiger partial charge in [-0.3, -0.25) is 4.90 Å². The van der Waals surface area contributed by atoms with Crippen LogP contribution in [-0.2, 0) is 4.74 Å². The van der Waals surface area contributed by atoms with Crippen LogP contribution in [0.5, 0.6) is 0 Å². The maximum absolute atomic E-state index is 4.97. The van der Waals surface area contributed by atoms with Gasteiger partial charge < -0.3 is 4.74 Å². The van der Waals surface area contributed by atoms with E-state index in [-0.39, 0.29) is 0 Å². The van der Waals surface area contributed by atoms with Crippen molar-refractivity contribution < 1.29 is 4.74 Å². The lowest BCUT2D eigenvalue weighted by Crippen LogP contribution is -2.39. The van der Waals surface area contributed by atoms with Crippen LogP contribution in [0.2, 0.25) is 0 Å². The van der Waals surface area contributed by atoms with Crippen molar-refractivity contribution in [3.8, 4) is 0 Å². The molecule has 2 heteroatoms. The molecule has 2 nitrogen and oxygen atoms in total. The Kier molecular flexibility index (Phi) is 0.664. The molecule has 0 aromatic rings. The molecule has 7 heavy (non-hydrogen) atoms. The topological polar surface area (TPSA) is 12.2 Å². The van der Waals surface area contributed by atoms with E-state index in [2.05, 4.69) is 11.4 Å². The Morgan fingerprint density at radius 1 is 1.57 bits per heavy atom. The summed E-state index contributed by atoms with van der Waals surface area (Å²) in [6, 6.07) is 0.750. The molecule has 2 fully saturated rings. The molecule has 2 saturated heterocycles. The predicted molar refractivity (Wildman–Crippen MR) is 25.6 cm³/mol. The molecule has 1 atom stereocenters. The summed E-state index contributed by atoms with van der Waals surface area (Å²) < 4.78 is 4.97. The molecule has 0 amide bonds. The Morgan fingerprint density at radius 3 is 2.43 bits per heavy atom. The van der Waals surface area contributed by atoms with E-state index < -0.39 is 0 Å². The smallest absolute Gasteiger partial charge is 0.0645 e. The summed E-state index contributed by atoms with van der Waals surface area (Å²) in [4.78, 5) is 2.31. The predicted octanol–water partition coefficient (Wildman–Crippen LogP) is -0.137. The zero-order valence-corrected chi connectivity index (χ0v) is 4.13. The molecule has 2 heterocycles. The Balaban J connectivity index is 1.83. The van der Waals surface area contributed by atoms with Crippen molar-refractivity contribution in [3.63, 3.8) is 0 Å². The quantitative estimate of drug-likeness (QED) is 0.423. The van der Waals surface area contributed by atoms with E-state index in [0.717, 1.165) is 19.3 Å². The summed E-state index contributed by atoms with van der Waals surface area (Å²) in [6.07, 6.45) is 0. The molecule has 0 aromatic carbocycles. The Labute approximate surface area is 43.1 Å².